The Morgan fingerprint density at radius 2 is 2.18 bits per heavy atom. The number of amides is 1. The van der Waals surface area contributed by atoms with E-state index < -0.39 is 16.8 Å². The lowest BCUT2D eigenvalue weighted by atomic mass is 10.1. The molecule has 1 aliphatic heterocycles. The molecule has 0 saturated heterocycles. The number of benzene rings is 1. The van der Waals surface area contributed by atoms with Crippen molar-refractivity contribution in [1.82, 2.24) is 0 Å². The number of fused-ring (bicyclic) bond motifs is 1. The molecule has 17 heavy (non-hydrogen) atoms. The molecule has 1 heterocycles. The highest BCUT2D eigenvalue weighted by Crippen LogP contribution is 2.27. The molecule has 0 fully saturated rings. The van der Waals surface area contributed by atoms with Crippen LogP contribution in [0.25, 0.3) is 0 Å². The summed E-state index contributed by atoms with van der Waals surface area (Å²) in [6, 6.07) is 3.70. The summed E-state index contributed by atoms with van der Waals surface area (Å²) in [5.74, 6) is -0.0878. The molecule has 2 unspecified atom stereocenters. The minimum atomic E-state index is -0.938. The van der Waals surface area contributed by atoms with Gasteiger partial charge in [-0.15, -0.1) is 0 Å². The zero-order valence-electron chi connectivity index (χ0n) is 9.33. The lowest BCUT2D eigenvalue weighted by Gasteiger charge is -2.26. The standard InChI is InChI=1S/C11H13FN2O2S/c1-17(16)5-4-9-11(15)14-8-3-2-7(12)6-10(8)13-9/h2-3,6,9,13H,4-5H2,1H3,(H,14,15). The molecule has 0 spiro atoms. The number of hydrogen-bond acceptors (Lipinski definition) is 3. The lowest BCUT2D eigenvalue weighted by Crippen LogP contribution is -2.39. The predicted octanol–water partition coefficient (Wildman–Crippen LogP) is 1.33. The molecule has 1 aromatic rings. The van der Waals surface area contributed by atoms with E-state index in [-0.39, 0.29) is 11.7 Å². The molecule has 2 atom stereocenters. The Balaban J connectivity index is 2.14. The van der Waals surface area contributed by atoms with Gasteiger partial charge in [0.05, 0.1) is 11.4 Å². The first-order valence-electron chi connectivity index (χ1n) is 5.23. The largest absolute Gasteiger partial charge is 0.372 e. The Labute approximate surface area is 101 Å². The molecule has 0 bridgehead atoms. The molecule has 2 rings (SSSR count). The van der Waals surface area contributed by atoms with E-state index >= 15 is 0 Å². The summed E-state index contributed by atoms with van der Waals surface area (Å²) in [7, 11) is -0.938. The lowest BCUT2D eigenvalue weighted by molar-refractivity contribution is -0.117. The minimum Gasteiger partial charge on any atom is -0.372 e. The molecule has 0 radical (unpaired) electrons. The van der Waals surface area contributed by atoms with Crippen LogP contribution in [-0.4, -0.2) is 28.2 Å². The smallest absolute Gasteiger partial charge is 0.246 e. The van der Waals surface area contributed by atoms with Crippen LogP contribution in [-0.2, 0) is 15.6 Å². The second-order valence-corrected chi connectivity index (χ2v) is 5.50. The second kappa shape index (κ2) is 4.83. The van der Waals surface area contributed by atoms with Crippen molar-refractivity contribution in [2.45, 2.75) is 12.5 Å². The fourth-order valence-electron chi connectivity index (χ4n) is 1.71. The Kier molecular flexibility index (Phi) is 3.42. The molecule has 0 saturated carbocycles. The van der Waals surface area contributed by atoms with Gasteiger partial charge in [-0.25, -0.2) is 4.39 Å². The minimum absolute atomic E-state index is 0.172. The van der Waals surface area contributed by atoms with Crippen LogP contribution in [0.5, 0.6) is 0 Å². The quantitative estimate of drug-likeness (QED) is 0.857. The molecule has 1 aliphatic rings. The summed E-state index contributed by atoms with van der Waals surface area (Å²) in [6.45, 7) is 0. The fourth-order valence-corrected chi connectivity index (χ4v) is 2.27. The maximum atomic E-state index is 13.0. The Morgan fingerprint density at radius 1 is 1.41 bits per heavy atom. The molecule has 2 N–H and O–H groups in total. The summed E-state index contributed by atoms with van der Waals surface area (Å²) < 4.78 is 24.0. The number of hydrogen-bond donors (Lipinski definition) is 2. The Bertz CT molecular complexity index is 479. The number of halogens is 1. The zero-order valence-corrected chi connectivity index (χ0v) is 10.1. The molecule has 92 valence electrons. The van der Waals surface area contributed by atoms with Crippen molar-refractivity contribution in [2.75, 3.05) is 22.6 Å². The van der Waals surface area contributed by atoms with Gasteiger partial charge in [-0.05, 0) is 24.6 Å². The highest BCUT2D eigenvalue weighted by Gasteiger charge is 2.25. The van der Waals surface area contributed by atoms with Gasteiger partial charge in [0, 0.05) is 22.8 Å². The van der Waals surface area contributed by atoms with E-state index in [9.17, 15) is 13.4 Å². The van der Waals surface area contributed by atoms with Crippen LogP contribution in [0.1, 0.15) is 6.42 Å². The summed E-state index contributed by atoms with van der Waals surface area (Å²) in [4.78, 5) is 11.7. The van der Waals surface area contributed by atoms with Crippen LogP contribution in [0.4, 0.5) is 15.8 Å². The highest BCUT2D eigenvalue weighted by atomic mass is 32.2. The average Bonchev–Trinajstić information content (AvgIpc) is 2.26. The van der Waals surface area contributed by atoms with Crippen molar-refractivity contribution in [1.29, 1.82) is 0 Å². The number of carbonyl (C=O) groups excluding carboxylic acids is 1. The summed E-state index contributed by atoms with van der Waals surface area (Å²) in [6.07, 6.45) is 2.05. The Hall–Kier alpha value is -1.43. The predicted molar refractivity (Wildman–Crippen MR) is 66.0 cm³/mol. The normalized spacial score (nSPS) is 20.1. The van der Waals surface area contributed by atoms with Crippen molar-refractivity contribution < 1.29 is 13.4 Å². The SMILES string of the molecule is CS(=O)CCC1Nc2cc(F)ccc2NC1=O. The first-order chi connectivity index (χ1) is 8.06. The third-order valence-corrected chi connectivity index (χ3v) is 3.39. The molecule has 6 heteroatoms. The van der Waals surface area contributed by atoms with Crippen molar-refractivity contribution in [3.63, 3.8) is 0 Å². The highest BCUT2D eigenvalue weighted by molar-refractivity contribution is 7.84. The van der Waals surface area contributed by atoms with Gasteiger partial charge in [-0.1, -0.05) is 0 Å². The average molecular weight is 256 g/mol. The monoisotopic (exact) mass is 256 g/mol. The third-order valence-electron chi connectivity index (χ3n) is 2.58. The molecule has 0 aliphatic carbocycles. The maximum absolute atomic E-state index is 13.0. The molecule has 1 amide bonds. The van der Waals surface area contributed by atoms with Crippen molar-refractivity contribution in [3.8, 4) is 0 Å². The van der Waals surface area contributed by atoms with Gasteiger partial charge >= 0.3 is 0 Å². The topological polar surface area (TPSA) is 58.2 Å². The van der Waals surface area contributed by atoms with Crippen molar-refractivity contribution in [3.05, 3.63) is 24.0 Å². The van der Waals surface area contributed by atoms with Crippen LogP contribution in [0.2, 0.25) is 0 Å². The summed E-state index contributed by atoms with van der Waals surface area (Å²) in [5, 5.41) is 5.65. The fraction of sp³-hybridized carbons (Fsp3) is 0.364. The number of anilines is 2. The molecular formula is C11H13FN2O2S. The van der Waals surface area contributed by atoms with Gasteiger partial charge in [-0.2, -0.15) is 0 Å². The van der Waals surface area contributed by atoms with E-state index in [1.54, 1.807) is 6.26 Å². The first-order valence-corrected chi connectivity index (χ1v) is 6.96. The van der Waals surface area contributed by atoms with Crippen LogP contribution in [0.15, 0.2) is 18.2 Å². The van der Waals surface area contributed by atoms with Gasteiger partial charge in [-0.3, -0.25) is 9.00 Å². The number of carbonyl (C=O) groups is 1. The van der Waals surface area contributed by atoms with Crippen LogP contribution in [0.3, 0.4) is 0 Å². The first kappa shape index (κ1) is 12.0. The van der Waals surface area contributed by atoms with Gasteiger partial charge < -0.3 is 10.6 Å². The summed E-state index contributed by atoms with van der Waals surface area (Å²) >= 11 is 0. The maximum Gasteiger partial charge on any atom is 0.246 e. The van der Waals surface area contributed by atoms with E-state index in [0.29, 0.717) is 23.5 Å². The van der Waals surface area contributed by atoms with E-state index in [2.05, 4.69) is 10.6 Å². The second-order valence-electron chi connectivity index (χ2n) is 3.94. The van der Waals surface area contributed by atoms with Gasteiger partial charge in [0.1, 0.15) is 11.9 Å². The van der Waals surface area contributed by atoms with E-state index in [4.69, 9.17) is 0 Å². The number of nitrogens with one attached hydrogen (secondary N) is 2. The van der Waals surface area contributed by atoms with Crippen LogP contribution < -0.4 is 10.6 Å². The van der Waals surface area contributed by atoms with E-state index in [0.717, 1.165) is 0 Å². The van der Waals surface area contributed by atoms with Gasteiger partial charge in [0.2, 0.25) is 5.91 Å². The molecule has 4 nitrogen and oxygen atoms in total. The van der Waals surface area contributed by atoms with Crippen molar-refractivity contribution >= 4 is 28.1 Å². The van der Waals surface area contributed by atoms with Gasteiger partial charge in [0.25, 0.3) is 0 Å². The van der Waals surface area contributed by atoms with Crippen LogP contribution >= 0.6 is 0 Å². The third kappa shape index (κ3) is 2.82. The summed E-state index contributed by atoms with van der Waals surface area (Å²) in [5.41, 5.74) is 1.14. The van der Waals surface area contributed by atoms with Crippen molar-refractivity contribution in [2.24, 2.45) is 0 Å². The molecule has 0 aromatic heterocycles. The van der Waals surface area contributed by atoms with E-state index in [1.807, 2.05) is 0 Å². The molecular weight excluding hydrogens is 243 g/mol. The zero-order chi connectivity index (χ0) is 12.4. The van der Waals surface area contributed by atoms with Gasteiger partial charge in [0.15, 0.2) is 0 Å². The van der Waals surface area contributed by atoms with E-state index in [1.165, 1.54) is 18.2 Å². The van der Waals surface area contributed by atoms with Crippen LogP contribution in [0, 0.1) is 5.82 Å². The number of rotatable bonds is 3. The molecule has 1 aromatic carbocycles. The Morgan fingerprint density at radius 3 is 2.88 bits per heavy atom.